The SMILES string of the molecule is CCCCCOc1ccc(C(=O)Nc2ccc(C(=O)N3CC[C@H]4CCCC[C@H]4C3)c(OC)c2)cc1. The smallest absolute Gasteiger partial charge is 0.257 e. The Bertz CT molecular complexity index is 1000. The fourth-order valence-electron chi connectivity index (χ4n) is 5.35. The fraction of sp³-hybridized carbons (Fsp3) is 0.517. The van der Waals surface area contributed by atoms with Crippen LogP contribution in [0.1, 0.15) is 79.0 Å². The van der Waals surface area contributed by atoms with Crippen molar-refractivity contribution in [3.05, 3.63) is 53.6 Å². The van der Waals surface area contributed by atoms with Gasteiger partial charge in [-0.3, -0.25) is 9.59 Å². The highest BCUT2D eigenvalue weighted by Gasteiger charge is 2.33. The molecule has 2 aromatic carbocycles. The number of unbranched alkanes of at least 4 members (excludes halogenated alkanes) is 2. The lowest BCUT2D eigenvalue weighted by molar-refractivity contribution is 0.0518. The summed E-state index contributed by atoms with van der Waals surface area (Å²) in [5, 5.41) is 2.91. The molecule has 35 heavy (non-hydrogen) atoms. The highest BCUT2D eigenvalue weighted by atomic mass is 16.5. The van der Waals surface area contributed by atoms with Crippen LogP contribution in [0.25, 0.3) is 0 Å². The molecule has 1 N–H and O–H groups in total. The van der Waals surface area contributed by atoms with E-state index in [1.165, 1.54) is 25.7 Å². The molecule has 1 aliphatic heterocycles. The molecule has 2 aromatic rings. The molecular formula is C29H38N2O4. The van der Waals surface area contributed by atoms with E-state index < -0.39 is 0 Å². The molecule has 188 valence electrons. The number of rotatable bonds is 9. The Labute approximate surface area is 209 Å². The van der Waals surface area contributed by atoms with Gasteiger partial charge < -0.3 is 19.7 Å². The molecule has 6 heteroatoms. The molecule has 0 radical (unpaired) electrons. The highest BCUT2D eigenvalue weighted by Crippen LogP contribution is 2.37. The van der Waals surface area contributed by atoms with Crippen LogP contribution in [0.5, 0.6) is 11.5 Å². The summed E-state index contributed by atoms with van der Waals surface area (Å²) in [7, 11) is 1.56. The van der Waals surface area contributed by atoms with Gasteiger partial charge in [0, 0.05) is 30.4 Å². The Hall–Kier alpha value is -3.02. The van der Waals surface area contributed by atoms with Crippen LogP contribution in [-0.2, 0) is 0 Å². The van der Waals surface area contributed by atoms with Gasteiger partial charge >= 0.3 is 0 Å². The Kier molecular flexibility index (Phi) is 8.67. The standard InChI is InChI=1S/C29H38N2O4/c1-3-4-7-18-35-25-13-10-22(11-14-25)28(32)30-24-12-15-26(27(19-24)34-2)29(33)31-17-16-21-8-5-6-9-23(21)20-31/h10-15,19,21,23H,3-9,16-18,20H2,1-2H3,(H,30,32)/t21-,23+/m1/s1. The van der Waals surface area contributed by atoms with Gasteiger partial charge in [0.25, 0.3) is 11.8 Å². The molecule has 2 fully saturated rings. The maximum Gasteiger partial charge on any atom is 0.257 e. The van der Waals surface area contributed by atoms with E-state index in [4.69, 9.17) is 9.47 Å². The van der Waals surface area contributed by atoms with Gasteiger partial charge in [0.2, 0.25) is 0 Å². The average Bonchev–Trinajstić information content (AvgIpc) is 2.90. The molecular weight excluding hydrogens is 440 g/mol. The lowest BCUT2D eigenvalue weighted by Crippen LogP contribution is -2.44. The largest absolute Gasteiger partial charge is 0.496 e. The molecule has 6 nitrogen and oxygen atoms in total. The van der Waals surface area contributed by atoms with Crippen molar-refractivity contribution in [1.82, 2.24) is 4.90 Å². The van der Waals surface area contributed by atoms with Crippen molar-refractivity contribution in [2.75, 3.05) is 32.1 Å². The summed E-state index contributed by atoms with van der Waals surface area (Å²) < 4.78 is 11.3. The number of nitrogens with one attached hydrogen (secondary N) is 1. The highest BCUT2D eigenvalue weighted by molar-refractivity contribution is 6.05. The second-order valence-corrected chi connectivity index (χ2v) is 9.79. The van der Waals surface area contributed by atoms with Gasteiger partial charge in [0.15, 0.2) is 0 Å². The van der Waals surface area contributed by atoms with Crippen LogP contribution >= 0.6 is 0 Å². The molecule has 2 aliphatic rings. The number of fused-ring (bicyclic) bond motifs is 1. The van der Waals surface area contributed by atoms with Crippen molar-refractivity contribution in [2.24, 2.45) is 11.8 Å². The van der Waals surface area contributed by atoms with Crippen molar-refractivity contribution >= 4 is 17.5 Å². The molecule has 0 aromatic heterocycles. The van der Waals surface area contributed by atoms with Gasteiger partial charge in [0.1, 0.15) is 11.5 Å². The Morgan fingerprint density at radius 1 is 1.00 bits per heavy atom. The number of benzene rings is 2. The molecule has 2 amide bonds. The van der Waals surface area contributed by atoms with E-state index in [-0.39, 0.29) is 11.8 Å². The lowest BCUT2D eigenvalue weighted by Gasteiger charge is -2.41. The van der Waals surface area contributed by atoms with E-state index >= 15 is 0 Å². The first-order valence-electron chi connectivity index (χ1n) is 13.1. The molecule has 1 heterocycles. The van der Waals surface area contributed by atoms with Crippen LogP contribution in [0.4, 0.5) is 5.69 Å². The van der Waals surface area contributed by atoms with E-state index in [1.807, 2.05) is 17.0 Å². The van der Waals surface area contributed by atoms with Crippen molar-refractivity contribution < 1.29 is 19.1 Å². The van der Waals surface area contributed by atoms with Gasteiger partial charge in [-0.1, -0.05) is 39.0 Å². The van der Waals surface area contributed by atoms with Crippen LogP contribution in [-0.4, -0.2) is 43.5 Å². The summed E-state index contributed by atoms with van der Waals surface area (Å²) in [6.07, 6.45) is 9.55. The average molecular weight is 479 g/mol. The number of amides is 2. The molecule has 4 rings (SSSR count). The zero-order valence-corrected chi connectivity index (χ0v) is 21.1. The number of hydrogen-bond donors (Lipinski definition) is 1. The summed E-state index contributed by atoms with van der Waals surface area (Å²) in [5.41, 5.74) is 1.68. The minimum Gasteiger partial charge on any atom is -0.496 e. The zero-order chi connectivity index (χ0) is 24.6. The minimum absolute atomic E-state index is 0.0123. The third-order valence-corrected chi connectivity index (χ3v) is 7.40. The number of hydrogen-bond acceptors (Lipinski definition) is 4. The fourth-order valence-corrected chi connectivity index (χ4v) is 5.35. The van der Waals surface area contributed by atoms with Crippen LogP contribution in [0, 0.1) is 11.8 Å². The van der Waals surface area contributed by atoms with Crippen LogP contribution in [0.15, 0.2) is 42.5 Å². The normalized spacial score (nSPS) is 19.5. The molecule has 1 saturated heterocycles. The quantitative estimate of drug-likeness (QED) is 0.438. The van der Waals surface area contributed by atoms with Crippen molar-refractivity contribution in [2.45, 2.75) is 58.3 Å². The van der Waals surface area contributed by atoms with Gasteiger partial charge in [-0.2, -0.15) is 0 Å². The molecule has 0 bridgehead atoms. The molecule has 0 spiro atoms. The number of anilines is 1. The molecule has 1 aliphatic carbocycles. The molecule has 2 atom stereocenters. The summed E-state index contributed by atoms with van der Waals surface area (Å²) in [5.74, 6) is 2.43. The van der Waals surface area contributed by atoms with Gasteiger partial charge in [-0.25, -0.2) is 0 Å². The number of carbonyl (C=O) groups is 2. The second kappa shape index (κ2) is 12.1. The minimum atomic E-state index is -0.219. The third kappa shape index (κ3) is 6.36. The van der Waals surface area contributed by atoms with Gasteiger partial charge in [-0.15, -0.1) is 0 Å². The number of carbonyl (C=O) groups excluding carboxylic acids is 2. The van der Waals surface area contributed by atoms with E-state index in [1.54, 1.807) is 37.4 Å². The number of ether oxygens (including phenoxy) is 2. The Morgan fingerprint density at radius 2 is 1.77 bits per heavy atom. The van der Waals surface area contributed by atoms with Gasteiger partial charge in [0.05, 0.1) is 19.3 Å². The summed E-state index contributed by atoms with van der Waals surface area (Å²) in [6.45, 7) is 4.49. The first-order valence-corrected chi connectivity index (χ1v) is 13.1. The van der Waals surface area contributed by atoms with E-state index in [0.29, 0.717) is 35.1 Å². The van der Waals surface area contributed by atoms with E-state index in [0.717, 1.165) is 50.4 Å². The Morgan fingerprint density at radius 3 is 2.51 bits per heavy atom. The Balaban J connectivity index is 1.37. The molecule has 1 saturated carbocycles. The van der Waals surface area contributed by atoms with Crippen LogP contribution in [0.3, 0.4) is 0 Å². The monoisotopic (exact) mass is 478 g/mol. The second-order valence-electron chi connectivity index (χ2n) is 9.79. The first-order chi connectivity index (χ1) is 17.1. The first kappa shape index (κ1) is 25.1. The summed E-state index contributed by atoms with van der Waals surface area (Å²) >= 11 is 0. The van der Waals surface area contributed by atoms with E-state index in [9.17, 15) is 9.59 Å². The van der Waals surface area contributed by atoms with Gasteiger partial charge in [-0.05, 0) is 67.5 Å². The lowest BCUT2D eigenvalue weighted by atomic mass is 9.75. The number of methoxy groups -OCH3 is 1. The zero-order valence-electron chi connectivity index (χ0n) is 21.1. The van der Waals surface area contributed by atoms with Crippen molar-refractivity contribution in [3.8, 4) is 11.5 Å². The maximum atomic E-state index is 13.3. The molecule has 0 unspecified atom stereocenters. The van der Waals surface area contributed by atoms with E-state index in [2.05, 4.69) is 12.2 Å². The predicted octanol–water partition coefficient (Wildman–Crippen LogP) is 6.17. The topological polar surface area (TPSA) is 67.9 Å². The van der Waals surface area contributed by atoms with Crippen molar-refractivity contribution in [3.63, 3.8) is 0 Å². The number of nitrogens with zero attached hydrogens (tertiary/aromatic N) is 1. The predicted molar refractivity (Wildman–Crippen MR) is 138 cm³/mol. The van der Waals surface area contributed by atoms with Crippen LogP contribution in [0.2, 0.25) is 0 Å². The summed E-state index contributed by atoms with van der Waals surface area (Å²) in [4.78, 5) is 28.0. The third-order valence-electron chi connectivity index (χ3n) is 7.40. The number of likely N-dealkylation sites (tertiary alicyclic amines) is 1. The summed E-state index contributed by atoms with van der Waals surface area (Å²) in [6, 6.07) is 12.4. The maximum absolute atomic E-state index is 13.3. The number of piperidine rings is 1. The van der Waals surface area contributed by atoms with Crippen molar-refractivity contribution in [1.29, 1.82) is 0 Å². The van der Waals surface area contributed by atoms with Crippen LogP contribution < -0.4 is 14.8 Å².